The van der Waals surface area contributed by atoms with Gasteiger partial charge in [0.05, 0.1) is 0 Å². The molecule has 0 aromatic heterocycles. The Morgan fingerprint density at radius 3 is 2.50 bits per heavy atom. The molecule has 0 aromatic rings. The van der Waals surface area contributed by atoms with E-state index in [-0.39, 0.29) is 0 Å². The van der Waals surface area contributed by atoms with Crippen LogP contribution in [0, 0.1) is 5.92 Å². The fourth-order valence-electron chi connectivity index (χ4n) is 2.44. The van der Waals surface area contributed by atoms with Crippen LogP contribution in [-0.4, -0.2) is 25.8 Å². The van der Waals surface area contributed by atoms with E-state index in [1.165, 1.54) is 51.5 Å². The zero-order valence-corrected chi connectivity index (χ0v) is 11.1. The van der Waals surface area contributed by atoms with Crippen molar-refractivity contribution in [3.63, 3.8) is 0 Å². The van der Waals surface area contributed by atoms with Gasteiger partial charge >= 0.3 is 0 Å². The summed E-state index contributed by atoms with van der Waals surface area (Å²) in [5, 5.41) is 3.67. The van der Waals surface area contributed by atoms with Crippen molar-refractivity contribution >= 4 is 0 Å². The SMILES string of the molecule is CCCCCCCNC(C)C1CCOCC1. The van der Waals surface area contributed by atoms with Crippen molar-refractivity contribution in [2.24, 2.45) is 5.92 Å². The largest absolute Gasteiger partial charge is 0.381 e. The van der Waals surface area contributed by atoms with Crippen LogP contribution in [0.1, 0.15) is 58.8 Å². The van der Waals surface area contributed by atoms with E-state index in [9.17, 15) is 0 Å². The van der Waals surface area contributed by atoms with Crippen molar-refractivity contribution in [2.45, 2.75) is 64.8 Å². The van der Waals surface area contributed by atoms with Crippen LogP contribution in [0.5, 0.6) is 0 Å². The molecule has 1 atom stereocenters. The molecule has 0 aliphatic carbocycles. The van der Waals surface area contributed by atoms with Crippen LogP contribution in [0.25, 0.3) is 0 Å². The maximum atomic E-state index is 5.39. The lowest BCUT2D eigenvalue weighted by Crippen LogP contribution is -2.37. The van der Waals surface area contributed by atoms with Crippen LogP contribution < -0.4 is 5.32 Å². The number of hydrogen-bond acceptors (Lipinski definition) is 2. The summed E-state index contributed by atoms with van der Waals surface area (Å²) in [5.41, 5.74) is 0. The van der Waals surface area contributed by atoms with E-state index >= 15 is 0 Å². The highest BCUT2D eigenvalue weighted by molar-refractivity contribution is 4.74. The summed E-state index contributed by atoms with van der Waals surface area (Å²) in [4.78, 5) is 0. The van der Waals surface area contributed by atoms with Gasteiger partial charge in [0.15, 0.2) is 0 Å². The van der Waals surface area contributed by atoms with Crippen molar-refractivity contribution in [3.05, 3.63) is 0 Å². The zero-order chi connectivity index (χ0) is 11.6. The summed E-state index contributed by atoms with van der Waals surface area (Å²) in [6.45, 7) is 7.73. The van der Waals surface area contributed by atoms with Gasteiger partial charge in [-0.15, -0.1) is 0 Å². The minimum absolute atomic E-state index is 0.676. The van der Waals surface area contributed by atoms with Crippen molar-refractivity contribution in [2.75, 3.05) is 19.8 Å². The molecule has 0 bridgehead atoms. The molecule has 16 heavy (non-hydrogen) atoms. The molecule has 0 amide bonds. The zero-order valence-electron chi connectivity index (χ0n) is 11.1. The van der Waals surface area contributed by atoms with Crippen LogP contribution in [0.2, 0.25) is 0 Å². The highest BCUT2D eigenvalue weighted by Crippen LogP contribution is 2.18. The van der Waals surface area contributed by atoms with E-state index in [0.717, 1.165) is 19.1 Å². The Morgan fingerprint density at radius 2 is 1.81 bits per heavy atom. The van der Waals surface area contributed by atoms with Gasteiger partial charge in [0.25, 0.3) is 0 Å². The molecule has 1 aliphatic heterocycles. The maximum Gasteiger partial charge on any atom is 0.0469 e. The van der Waals surface area contributed by atoms with Crippen molar-refractivity contribution in [1.82, 2.24) is 5.32 Å². The summed E-state index contributed by atoms with van der Waals surface area (Å²) in [5.74, 6) is 0.837. The van der Waals surface area contributed by atoms with Crippen LogP contribution in [0.15, 0.2) is 0 Å². The molecule has 0 saturated carbocycles. The van der Waals surface area contributed by atoms with Gasteiger partial charge in [0.2, 0.25) is 0 Å². The second-order valence-corrected chi connectivity index (χ2v) is 5.11. The first-order chi connectivity index (χ1) is 7.84. The van der Waals surface area contributed by atoms with E-state index in [1.807, 2.05) is 0 Å². The van der Waals surface area contributed by atoms with Gasteiger partial charge in [-0.1, -0.05) is 32.6 Å². The van der Waals surface area contributed by atoms with Crippen molar-refractivity contribution in [1.29, 1.82) is 0 Å². The van der Waals surface area contributed by atoms with Gasteiger partial charge in [0, 0.05) is 19.3 Å². The minimum Gasteiger partial charge on any atom is -0.381 e. The van der Waals surface area contributed by atoms with Gasteiger partial charge in [-0.25, -0.2) is 0 Å². The van der Waals surface area contributed by atoms with Crippen LogP contribution in [-0.2, 0) is 4.74 Å². The topological polar surface area (TPSA) is 21.3 Å². The second-order valence-electron chi connectivity index (χ2n) is 5.11. The Balaban J connectivity index is 1.94. The molecule has 1 unspecified atom stereocenters. The average Bonchev–Trinajstić information content (AvgIpc) is 2.34. The Labute approximate surface area is 101 Å². The molecule has 0 aromatic carbocycles. The standard InChI is InChI=1S/C14H29NO/c1-3-4-5-6-7-10-15-13(2)14-8-11-16-12-9-14/h13-15H,3-12H2,1-2H3. The lowest BCUT2D eigenvalue weighted by molar-refractivity contribution is 0.0560. The number of nitrogens with one attached hydrogen (secondary N) is 1. The number of ether oxygens (including phenoxy) is 1. The Bertz CT molecular complexity index is 155. The summed E-state index contributed by atoms with van der Waals surface area (Å²) in [6.07, 6.45) is 9.36. The molecule has 1 heterocycles. The van der Waals surface area contributed by atoms with Gasteiger partial charge in [-0.05, 0) is 38.6 Å². The van der Waals surface area contributed by atoms with Gasteiger partial charge in [-0.2, -0.15) is 0 Å². The first-order valence-corrected chi connectivity index (χ1v) is 7.15. The molecule has 1 aliphatic rings. The fourth-order valence-corrected chi connectivity index (χ4v) is 2.44. The van der Waals surface area contributed by atoms with Gasteiger partial charge in [0.1, 0.15) is 0 Å². The van der Waals surface area contributed by atoms with Gasteiger partial charge in [-0.3, -0.25) is 0 Å². The van der Waals surface area contributed by atoms with E-state index < -0.39 is 0 Å². The van der Waals surface area contributed by atoms with Crippen molar-refractivity contribution < 1.29 is 4.74 Å². The lowest BCUT2D eigenvalue weighted by atomic mass is 9.93. The molecular formula is C14H29NO. The molecule has 0 radical (unpaired) electrons. The molecule has 0 spiro atoms. The van der Waals surface area contributed by atoms with E-state index in [1.54, 1.807) is 0 Å². The third-order valence-electron chi connectivity index (χ3n) is 3.72. The van der Waals surface area contributed by atoms with Gasteiger partial charge < -0.3 is 10.1 Å². The molecular weight excluding hydrogens is 198 g/mol. The summed E-state index contributed by atoms with van der Waals surface area (Å²) in [7, 11) is 0. The first-order valence-electron chi connectivity index (χ1n) is 7.15. The molecule has 1 saturated heterocycles. The maximum absolute atomic E-state index is 5.39. The van der Waals surface area contributed by atoms with Crippen LogP contribution >= 0.6 is 0 Å². The monoisotopic (exact) mass is 227 g/mol. The minimum atomic E-state index is 0.676. The normalized spacial score (nSPS) is 19.9. The number of hydrogen-bond donors (Lipinski definition) is 1. The Morgan fingerprint density at radius 1 is 1.12 bits per heavy atom. The van der Waals surface area contributed by atoms with Crippen LogP contribution in [0.3, 0.4) is 0 Å². The third kappa shape index (κ3) is 5.86. The lowest BCUT2D eigenvalue weighted by Gasteiger charge is -2.28. The molecule has 1 rings (SSSR count). The first kappa shape index (κ1) is 14.0. The molecule has 1 fully saturated rings. The van der Waals surface area contributed by atoms with E-state index in [2.05, 4.69) is 19.2 Å². The highest BCUT2D eigenvalue weighted by Gasteiger charge is 2.19. The third-order valence-corrected chi connectivity index (χ3v) is 3.72. The molecule has 1 N–H and O–H groups in total. The predicted molar refractivity (Wildman–Crippen MR) is 69.8 cm³/mol. The van der Waals surface area contributed by atoms with Crippen LogP contribution in [0.4, 0.5) is 0 Å². The summed E-state index contributed by atoms with van der Waals surface area (Å²) < 4.78 is 5.39. The van der Waals surface area contributed by atoms with E-state index in [0.29, 0.717) is 6.04 Å². The quantitative estimate of drug-likeness (QED) is 0.642. The molecule has 96 valence electrons. The Kier molecular flexibility index (Phi) is 7.87. The number of unbranched alkanes of at least 4 members (excludes halogenated alkanes) is 4. The second kappa shape index (κ2) is 9.00. The van der Waals surface area contributed by atoms with Crippen molar-refractivity contribution in [3.8, 4) is 0 Å². The molecule has 2 nitrogen and oxygen atoms in total. The number of rotatable bonds is 8. The highest BCUT2D eigenvalue weighted by atomic mass is 16.5. The smallest absolute Gasteiger partial charge is 0.0469 e. The molecule has 2 heteroatoms. The fraction of sp³-hybridized carbons (Fsp3) is 1.00. The van der Waals surface area contributed by atoms with E-state index in [4.69, 9.17) is 4.74 Å². The average molecular weight is 227 g/mol. The summed E-state index contributed by atoms with van der Waals surface area (Å²) >= 11 is 0. The Hall–Kier alpha value is -0.0800. The predicted octanol–water partition coefficient (Wildman–Crippen LogP) is 3.36. The summed E-state index contributed by atoms with van der Waals surface area (Å²) in [6, 6.07) is 0.676.